The summed E-state index contributed by atoms with van der Waals surface area (Å²) in [6, 6.07) is 0. The topological polar surface area (TPSA) is 63.6 Å². The summed E-state index contributed by atoms with van der Waals surface area (Å²) in [5.41, 5.74) is -1.63. The highest BCUT2D eigenvalue weighted by molar-refractivity contribution is 5.91. The van der Waals surface area contributed by atoms with Gasteiger partial charge in [-0.25, -0.2) is 4.79 Å². The van der Waals surface area contributed by atoms with Crippen molar-refractivity contribution in [1.82, 2.24) is 0 Å². The van der Waals surface area contributed by atoms with Crippen LogP contribution in [0.25, 0.3) is 0 Å². The van der Waals surface area contributed by atoms with E-state index in [0.717, 1.165) is 62.7 Å². The Morgan fingerprint density at radius 2 is 1.28 bits per heavy atom. The van der Waals surface area contributed by atoms with Gasteiger partial charge in [-0.15, -0.1) is 0 Å². The first-order valence-corrected chi connectivity index (χ1v) is 23.1. The predicted molar refractivity (Wildman–Crippen MR) is 220 cm³/mol. The van der Waals surface area contributed by atoms with Gasteiger partial charge in [-0.05, 0) is 153 Å². The Labute approximate surface area is 327 Å². The molecular formula is C49H84O4. The first kappa shape index (κ1) is 43.0. The zero-order valence-electron chi connectivity index (χ0n) is 36.3. The molecule has 0 aromatic rings. The highest BCUT2D eigenvalue weighted by atomic mass is 16.6. The lowest BCUT2D eigenvalue weighted by Gasteiger charge is -2.75. The molecule has 5 saturated carbocycles. The van der Waals surface area contributed by atoms with Crippen molar-refractivity contribution in [2.24, 2.45) is 62.6 Å². The monoisotopic (exact) mass is 737 g/mol. The summed E-state index contributed by atoms with van der Waals surface area (Å²) in [6.07, 6.45) is 31.5. The molecule has 0 spiro atoms. The minimum Gasteiger partial charge on any atom is -0.391 e. The van der Waals surface area contributed by atoms with Crippen LogP contribution < -0.4 is 0 Å². The lowest BCUT2D eigenvalue weighted by Crippen LogP contribution is -2.73. The van der Waals surface area contributed by atoms with Crippen molar-refractivity contribution < 1.29 is 19.4 Å². The molecule has 11 atom stereocenters. The molecule has 0 amide bonds. The molecule has 0 saturated heterocycles. The molecule has 4 nitrogen and oxygen atoms in total. The van der Waals surface area contributed by atoms with E-state index in [1.807, 2.05) is 0 Å². The number of unbranched alkanes of at least 4 members (excludes halogenated alkanes) is 11. The number of esters is 2. The van der Waals surface area contributed by atoms with Gasteiger partial charge in [-0.1, -0.05) is 126 Å². The van der Waals surface area contributed by atoms with Crippen LogP contribution in [0.2, 0.25) is 0 Å². The van der Waals surface area contributed by atoms with E-state index in [0.29, 0.717) is 17.8 Å². The van der Waals surface area contributed by atoms with Gasteiger partial charge in [-0.3, -0.25) is 4.79 Å². The van der Waals surface area contributed by atoms with E-state index in [-0.39, 0.29) is 34.5 Å². The maximum absolute atomic E-state index is 14.3. The largest absolute Gasteiger partial charge is 0.391 e. The van der Waals surface area contributed by atoms with Crippen molar-refractivity contribution >= 4 is 11.9 Å². The van der Waals surface area contributed by atoms with Crippen LogP contribution in [-0.4, -0.2) is 22.6 Å². The second-order valence-corrected chi connectivity index (χ2v) is 21.4. The van der Waals surface area contributed by atoms with E-state index < -0.39 is 23.0 Å². The maximum atomic E-state index is 14.3. The minimum atomic E-state index is -1.64. The fourth-order valence-corrected chi connectivity index (χ4v) is 14.6. The van der Waals surface area contributed by atoms with Gasteiger partial charge < -0.3 is 9.84 Å². The minimum absolute atomic E-state index is 0.0203. The summed E-state index contributed by atoms with van der Waals surface area (Å²) in [4.78, 5) is 27.5. The summed E-state index contributed by atoms with van der Waals surface area (Å²) in [5, 5.41) is 12.9. The normalized spacial score (nSPS) is 41.9. The van der Waals surface area contributed by atoms with Crippen LogP contribution in [0.4, 0.5) is 0 Å². The van der Waals surface area contributed by atoms with Crippen molar-refractivity contribution in [2.75, 3.05) is 0 Å². The van der Waals surface area contributed by atoms with E-state index in [9.17, 15) is 14.7 Å². The number of allylic oxidation sites excluding steroid dienone is 2. The van der Waals surface area contributed by atoms with Gasteiger partial charge in [0.2, 0.25) is 0 Å². The van der Waals surface area contributed by atoms with E-state index in [4.69, 9.17) is 4.74 Å². The molecule has 0 aromatic carbocycles. The average molecular weight is 737 g/mol. The van der Waals surface area contributed by atoms with Gasteiger partial charge in [0.25, 0.3) is 0 Å². The van der Waals surface area contributed by atoms with Gasteiger partial charge >= 0.3 is 11.9 Å². The summed E-state index contributed by atoms with van der Waals surface area (Å²) in [6.45, 7) is 22.1. The van der Waals surface area contributed by atoms with Crippen LogP contribution in [-0.2, 0) is 14.3 Å². The van der Waals surface area contributed by atoms with Gasteiger partial charge in [-0.2, -0.15) is 0 Å². The third-order valence-corrected chi connectivity index (χ3v) is 18.3. The van der Waals surface area contributed by atoms with Crippen molar-refractivity contribution in [3.63, 3.8) is 0 Å². The van der Waals surface area contributed by atoms with E-state index in [1.165, 1.54) is 96.3 Å². The zero-order chi connectivity index (χ0) is 38.7. The lowest BCUT2D eigenvalue weighted by molar-refractivity contribution is -0.291. The van der Waals surface area contributed by atoms with Crippen LogP contribution in [0.15, 0.2) is 12.2 Å². The van der Waals surface area contributed by atoms with Crippen molar-refractivity contribution in [3.05, 3.63) is 12.2 Å². The van der Waals surface area contributed by atoms with Gasteiger partial charge in [0, 0.05) is 11.8 Å². The number of rotatable bonds is 16. The molecule has 5 aliphatic rings. The van der Waals surface area contributed by atoms with Crippen LogP contribution in [0.3, 0.4) is 0 Å². The molecule has 5 fully saturated rings. The third kappa shape index (κ3) is 8.04. The highest BCUT2D eigenvalue weighted by Gasteiger charge is 2.75. The molecule has 53 heavy (non-hydrogen) atoms. The Bertz CT molecular complexity index is 1270. The Kier molecular flexibility index (Phi) is 13.9. The summed E-state index contributed by atoms with van der Waals surface area (Å²) in [7, 11) is 0. The quantitative estimate of drug-likeness (QED) is 0.0742. The number of aliphatic hydroxyl groups is 1. The van der Waals surface area contributed by atoms with E-state index in [2.05, 4.69) is 74.5 Å². The molecule has 1 N–H and O–H groups in total. The molecule has 0 aromatic heterocycles. The van der Waals surface area contributed by atoms with Crippen molar-refractivity contribution in [1.29, 1.82) is 0 Å². The first-order valence-electron chi connectivity index (χ1n) is 23.1. The molecule has 0 heterocycles. The third-order valence-electron chi connectivity index (χ3n) is 18.3. The second kappa shape index (κ2) is 17.1. The van der Waals surface area contributed by atoms with E-state index >= 15 is 0 Å². The van der Waals surface area contributed by atoms with Crippen LogP contribution in [0.5, 0.6) is 0 Å². The molecular weight excluding hydrogens is 653 g/mol. The molecule has 0 bridgehead atoms. The Morgan fingerprint density at radius 3 is 1.94 bits per heavy atom. The van der Waals surface area contributed by atoms with Gasteiger partial charge in [0.05, 0.1) is 0 Å². The number of ether oxygens (including phenoxy) is 1. The van der Waals surface area contributed by atoms with Crippen LogP contribution in [0, 0.1) is 62.6 Å². The van der Waals surface area contributed by atoms with Gasteiger partial charge in [0.1, 0.15) is 0 Å². The number of fused-ring (bicyclic) bond motifs is 7. The molecule has 5 aliphatic carbocycles. The predicted octanol–water partition coefficient (Wildman–Crippen LogP) is 13.6. The Morgan fingerprint density at radius 1 is 0.660 bits per heavy atom. The molecule has 5 rings (SSSR count). The maximum Gasteiger partial charge on any atom is 0.346 e. The Hall–Kier alpha value is -1.16. The highest BCUT2D eigenvalue weighted by Crippen LogP contribution is 2.78. The number of carbonyl (C=O) groups excluding carboxylic acids is 2. The number of hydrogen-bond acceptors (Lipinski definition) is 4. The van der Waals surface area contributed by atoms with Crippen LogP contribution in [0.1, 0.15) is 216 Å². The van der Waals surface area contributed by atoms with E-state index in [1.54, 1.807) is 0 Å². The second-order valence-electron chi connectivity index (χ2n) is 21.4. The summed E-state index contributed by atoms with van der Waals surface area (Å²) < 4.78 is 5.71. The fraction of sp³-hybridized carbons (Fsp3) is 0.918. The molecule has 0 aliphatic heterocycles. The van der Waals surface area contributed by atoms with Crippen molar-refractivity contribution in [2.45, 2.75) is 222 Å². The lowest BCUT2D eigenvalue weighted by atomic mass is 9.30. The van der Waals surface area contributed by atoms with Crippen molar-refractivity contribution in [3.8, 4) is 0 Å². The SMILES string of the molecule is CCCCCCCC/C=C\CCCCCCCC(=O)OC(=O)C1(O)CCC(C)(C)[C@@H]2CC[C@]3(C)[C@H](CC[C@@H]4[C@@H]5[C@@H](C)[C@H](C)CC[C@]5(C)CC[C@]43C)[C@]21C. The average Bonchev–Trinajstić information content (AvgIpc) is 3.10. The molecule has 1 unspecified atom stereocenters. The smallest absolute Gasteiger partial charge is 0.346 e. The fourth-order valence-electron chi connectivity index (χ4n) is 14.6. The summed E-state index contributed by atoms with van der Waals surface area (Å²) in [5.74, 6) is 2.26. The first-order chi connectivity index (χ1) is 25.0. The molecule has 4 heteroatoms. The van der Waals surface area contributed by atoms with Crippen LogP contribution >= 0.6 is 0 Å². The standard InChI is InChI=1S/C49H84O4/c1-10-11-12-13-14-15-16-17-18-19-20-21-22-23-24-25-41(50)53-43(51)49(52)35-32-44(4,5)39-29-31-47(8)40(48(39,49)9)27-26-38-42-37(3)36(2)28-30-45(42,6)33-34-46(38,47)7/h17-18,36-40,42,52H,10-16,19-35H2,1-9H3/b18-17-/t36-,37+,38-,39+,40+,42+,45-,46-,47-,48+,49?/m1/s1. The number of hydrogen-bond donors (Lipinski definition) is 1. The summed E-state index contributed by atoms with van der Waals surface area (Å²) >= 11 is 0. The molecule has 0 radical (unpaired) electrons. The number of carbonyl (C=O) groups is 2. The zero-order valence-corrected chi connectivity index (χ0v) is 36.3. The molecule has 304 valence electrons. The Balaban J connectivity index is 1.18. The van der Waals surface area contributed by atoms with Gasteiger partial charge in [0.15, 0.2) is 5.60 Å².